The second-order valence-electron chi connectivity index (χ2n) is 5.98. The van der Waals surface area contributed by atoms with Crippen molar-refractivity contribution in [2.75, 3.05) is 19.6 Å². The zero-order valence-electron chi connectivity index (χ0n) is 12.5. The standard InChI is InChI=1S/C16H22Br2N2O/c1-11(2)19-9-12-4-3-5-20(10-12)16(21)13-6-14(17)8-15(18)7-13/h6-8,11-12,19H,3-5,9-10H2,1-2H3. The van der Waals surface area contributed by atoms with Crippen LogP contribution in [0.4, 0.5) is 0 Å². The van der Waals surface area contributed by atoms with Gasteiger partial charge in [0.05, 0.1) is 0 Å². The Morgan fingerprint density at radius 2 is 2.00 bits per heavy atom. The van der Waals surface area contributed by atoms with Gasteiger partial charge in [0.1, 0.15) is 0 Å². The van der Waals surface area contributed by atoms with E-state index in [-0.39, 0.29) is 5.91 Å². The minimum atomic E-state index is 0.131. The van der Waals surface area contributed by atoms with E-state index in [1.165, 1.54) is 6.42 Å². The molecule has 1 aliphatic heterocycles. The van der Waals surface area contributed by atoms with Crippen molar-refractivity contribution in [2.24, 2.45) is 5.92 Å². The van der Waals surface area contributed by atoms with Gasteiger partial charge in [0, 0.05) is 33.6 Å². The Hall–Kier alpha value is -0.390. The predicted octanol–water partition coefficient (Wildman–Crippen LogP) is 4.06. The maximum absolute atomic E-state index is 12.7. The van der Waals surface area contributed by atoms with Gasteiger partial charge in [0.15, 0.2) is 0 Å². The van der Waals surface area contributed by atoms with Crippen LogP contribution in [0.1, 0.15) is 37.0 Å². The van der Waals surface area contributed by atoms with E-state index >= 15 is 0 Å². The van der Waals surface area contributed by atoms with Crippen LogP contribution in [0.15, 0.2) is 27.1 Å². The minimum Gasteiger partial charge on any atom is -0.338 e. The Bertz CT molecular complexity index is 485. The van der Waals surface area contributed by atoms with Crippen molar-refractivity contribution in [3.8, 4) is 0 Å². The summed E-state index contributed by atoms with van der Waals surface area (Å²) in [5.74, 6) is 0.687. The predicted molar refractivity (Wildman–Crippen MR) is 93.6 cm³/mol. The Labute approximate surface area is 143 Å². The summed E-state index contributed by atoms with van der Waals surface area (Å²) in [4.78, 5) is 14.6. The fourth-order valence-corrected chi connectivity index (χ4v) is 3.97. The molecular formula is C16H22Br2N2O. The number of nitrogens with one attached hydrogen (secondary N) is 1. The third kappa shape index (κ3) is 5.08. The van der Waals surface area contributed by atoms with Gasteiger partial charge in [-0.1, -0.05) is 45.7 Å². The van der Waals surface area contributed by atoms with Gasteiger partial charge in [-0.15, -0.1) is 0 Å². The van der Waals surface area contributed by atoms with Crippen LogP contribution in [-0.2, 0) is 0 Å². The Balaban J connectivity index is 2.01. The number of carbonyl (C=O) groups is 1. The number of nitrogens with zero attached hydrogens (tertiary/aromatic N) is 1. The largest absolute Gasteiger partial charge is 0.338 e. The lowest BCUT2D eigenvalue weighted by Gasteiger charge is -2.33. The van der Waals surface area contributed by atoms with E-state index in [1.807, 2.05) is 23.1 Å². The molecule has 3 nitrogen and oxygen atoms in total. The molecule has 2 rings (SSSR count). The topological polar surface area (TPSA) is 32.3 Å². The maximum Gasteiger partial charge on any atom is 0.253 e. The van der Waals surface area contributed by atoms with E-state index in [0.29, 0.717) is 12.0 Å². The van der Waals surface area contributed by atoms with Gasteiger partial charge in [-0.05, 0) is 43.5 Å². The zero-order valence-corrected chi connectivity index (χ0v) is 15.7. The molecule has 0 aromatic heterocycles. The number of hydrogen-bond donors (Lipinski definition) is 1. The molecule has 0 saturated carbocycles. The van der Waals surface area contributed by atoms with Gasteiger partial charge in [-0.25, -0.2) is 0 Å². The molecular weight excluding hydrogens is 396 g/mol. The number of piperidine rings is 1. The molecule has 1 amide bonds. The molecule has 0 spiro atoms. The molecule has 0 radical (unpaired) electrons. The van der Waals surface area contributed by atoms with E-state index in [4.69, 9.17) is 0 Å². The average molecular weight is 418 g/mol. The maximum atomic E-state index is 12.7. The molecule has 0 aliphatic carbocycles. The summed E-state index contributed by atoms with van der Waals surface area (Å²) >= 11 is 6.89. The molecule has 1 unspecified atom stereocenters. The summed E-state index contributed by atoms with van der Waals surface area (Å²) in [7, 11) is 0. The highest BCUT2D eigenvalue weighted by Gasteiger charge is 2.24. The summed E-state index contributed by atoms with van der Waals surface area (Å²) in [6.45, 7) is 7.02. The SMILES string of the molecule is CC(C)NCC1CCCN(C(=O)c2cc(Br)cc(Br)c2)C1. The summed E-state index contributed by atoms with van der Waals surface area (Å²) in [5.41, 5.74) is 0.744. The molecule has 21 heavy (non-hydrogen) atoms. The first kappa shape index (κ1) is 17.0. The van der Waals surface area contributed by atoms with Crippen molar-refractivity contribution in [2.45, 2.75) is 32.7 Å². The van der Waals surface area contributed by atoms with Gasteiger partial charge in [-0.3, -0.25) is 4.79 Å². The monoisotopic (exact) mass is 416 g/mol. The van der Waals surface area contributed by atoms with E-state index in [0.717, 1.165) is 40.6 Å². The number of amides is 1. The number of rotatable bonds is 4. The lowest BCUT2D eigenvalue weighted by atomic mass is 9.97. The molecule has 1 aliphatic rings. The molecule has 116 valence electrons. The van der Waals surface area contributed by atoms with Crippen LogP contribution in [0.5, 0.6) is 0 Å². The van der Waals surface area contributed by atoms with Crippen molar-refractivity contribution >= 4 is 37.8 Å². The van der Waals surface area contributed by atoms with Gasteiger partial charge < -0.3 is 10.2 Å². The van der Waals surface area contributed by atoms with Crippen molar-refractivity contribution in [3.05, 3.63) is 32.7 Å². The van der Waals surface area contributed by atoms with Gasteiger partial charge in [-0.2, -0.15) is 0 Å². The van der Waals surface area contributed by atoms with Crippen molar-refractivity contribution in [3.63, 3.8) is 0 Å². The van der Waals surface area contributed by atoms with E-state index in [1.54, 1.807) is 0 Å². The number of likely N-dealkylation sites (tertiary alicyclic amines) is 1. The molecule has 1 heterocycles. The van der Waals surface area contributed by atoms with Crippen LogP contribution in [0.2, 0.25) is 0 Å². The third-order valence-corrected chi connectivity index (χ3v) is 4.65. The van der Waals surface area contributed by atoms with Crippen LogP contribution < -0.4 is 5.32 Å². The summed E-state index contributed by atoms with van der Waals surface area (Å²) < 4.78 is 1.85. The Morgan fingerprint density at radius 1 is 1.33 bits per heavy atom. The average Bonchev–Trinajstić information content (AvgIpc) is 2.43. The highest BCUT2D eigenvalue weighted by atomic mass is 79.9. The summed E-state index contributed by atoms with van der Waals surface area (Å²) in [6.07, 6.45) is 2.29. The third-order valence-electron chi connectivity index (χ3n) is 3.73. The van der Waals surface area contributed by atoms with Gasteiger partial charge in [0.25, 0.3) is 5.91 Å². The Kier molecular flexibility index (Phi) is 6.26. The van der Waals surface area contributed by atoms with E-state index in [2.05, 4.69) is 51.0 Å². The first-order valence-electron chi connectivity index (χ1n) is 7.44. The van der Waals surface area contributed by atoms with Crippen molar-refractivity contribution in [1.29, 1.82) is 0 Å². The molecule has 1 saturated heterocycles. The van der Waals surface area contributed by atoms with Crippen LogP contribution in [0.3, 0.4) is 0 Å². The Morgan fingerprint density at radius 3 is 2.62 bits per heavy atom. The van der Waals surface area contributed by atoms with Crippen molar-refractivity contribution in [1.82, 2.24) is 10.2 Å². The van der Waals surface area contributed by atoms with Crippen LogP contribution in [0.25, 0.3) is 0 Å². The zero-order chi connectivity index (χ0) is 15.4. The van der Waals surface area contributed by atoms with Crippen LogP contribution in [-0.4, -0.2) is 36.5 Å². The molecule has 1 N–H and O–H groups in total. The quantitative estimate of drug-likeness (QED) is 0.800. The van der Waals surface area contributed by atoms with Gasteiger partial charge >= 0.3 is 0 Å². The van der Waals surface area contributed by atoms with E-state index in [9.17, 15) is 4.79 Å². The van der Waals surface area contributed by atoms with Crippen LogP contribution in [0, 0.1) is 5.92 Å². The first-order chi connectivity index (χ1) is 9.95. The smallest absolute Gasteiger partial charge is 0.253 e. The highest BCUT2D eigenvalue weighted by molar-refractivity contribution is 9.11. The van der Waals surface area contributed by atoms with Gasteiger partial charge in [0.2, 0.25) is 0 Å². The number of halogens is 2. The second kappa shape index (κ2) is 7.75. The summed E-state index contributed by atoms with van der Waals surface area (Å²) in [6, 6.07) is 6.23. The fourth-order valence-electron chi connectivity index (χ4n) is 2.68. The fraction of sp³-hybridized carbons (Fsp3) is 0.562. The molecule has 1 atom stereocenters. The number of hydrogen-bond acceptors (Lipinski definition) is 2. The molecule has 1 aromatic carbocycles. The first-order valence-corrected chi connectivity index (χ1v) is 9.03. The van der Waals surface area contributed by atoms with E-state index < -0.39 is 0 Å². The number of carbonyl (C=O) groups excluding carboxylic acids is 1. The van der Waals surface area contributed by atoms with Crippen LogP contribution >= 0.6 is 31.9 Å². The second-order valence-corrected chi connectivity index (χ2v) is 7.81. The normalized spacial score (nSPS) is 19.1. The summed E-state index contributed by atoms with van der Waals surface area (Å²) in [5, 5.41) is 3.48. The highest BCUT2D eigenvalue weighted by Crippen LogP contribution is 2.23. The molecule has 5 heteroatoms. The molecule has 1 aromatic rings. The lowest BCUT2D eigenvalue weighted by molar-refractivity contribution is 0.0672. The molecule has 1 fully saturated rings. The lowest BCUT2D eigenvalue weighted by Crippen LogP contribution is -2.43. The van der Waals surface area contributed by atoms with Crippen molar-refractivity contribution < 1.29 is 4.79 Å². The minimum absolute atomic E-state index is 0.131. The number of benzene rings is 1. The molecule has 0 bridgehead atoms.